The van der Waals surface area contributed by atoms with Crippen LogP contribution < -0.4 is 5.32 Å². The van der Waals surface area contributed by atoms with Gasteiger partial charge in [0.15, 0.2) is 0 Å². The zero-order valence-electron chi connectivity index (χ0n) is 13.3. The van der Waals surface area contributed by atoms with Gasteiger partial charge in [0, 0.05) is 11.6 Å². The number of hydrogen-bond acceptors (Lipinski definition) is 5. The maximum atomic E-state index is 12.4. The fraction of sp³-hybridized carbons (Fsp3) is 0.0556. The quantitative estimate of drug-likeness (QED) is 0.580. The molecule has 0 spiro atoms. The molecule has 124 valence electrons. The third kappa shape index (κ3) is 3.66. The molecule has 2 aromatic heterocycles. The highest BCUT2D eigenvalue weighted by Crippen LogP contribution is 2.19. The van der Waals surface area contributed by atoms with E-state index in [9.17, 15) is 14.9 Å². The van der Waals surface area contributed by atoms with E-state index in [1.807, 2.05) is 30.3 Å². The number of aryl methyl sites for hydroxylation is 1. The maximum Gasteiger partial charge on any atom is 0.287 e. The van der Waals surface area contributed by atoms with Crippen LogP contribution in [0, 0.1) is 17.0 Å². The van der Waals surface area contributed by atoms with Crippen LogP contribution in [-0.4, -0.2) is 20.8 Å². The number of benzene rings is 1. The molecule has 7 nitrogen and oxygen atoms in total. The van der Waals surface area contributed by atoms with Gasteiger partial charge in [0.2, 0.25) is 0 Å². The number of nitrogens with one attached hydrogen (secondary N) is 1. The van der Waals surface area contributed by atoms with Crippen LogP contribution in [0.5, 0.6) is 0 Å². The number of nitrogens with zero attached hydrogens (tertiary/aromatic N) is 3. The third-order valence-corrected chi connectivity index (χ3v) is 3.60. The Balaban J connectivity index is 1.79. The largest absolute Gasteiger partial charge is 0.307 e. The summed E-state index contributed by atoms with van der Waals surface area (Å²) in [5.74, 6) is -0.131. The highest BCUT2D eigenvalue weighted by Gasteiger charge is 2.13. The molecule has 0 aliphatic heterocycles. The van der Waals surface area contributed by atoms with Gasteiger partial charge < -0.3 is 5.32 Å². The summed E-state index contributed by atoms with van der Waals surface area (Å²) in [5.41, 5.74) is 2.61. The van der Waals surface area contributed by atoms with Crippen molar-refractivity contribution in [2.24, 2.45) is 0 Å². The summed E-state index contributed by atoms with van der Waals surface area (Å²) in [7, 11) is 0. The van der Waals surface area contributed by atoms with Crippen LogP contribution in [0.2, 0.25) is 0 Å². The van der Waals surface area contributed by atoms with Crippen LogP contribution in [0.4, 0.5) is 11.5 Å². The van der Waals surface area contributed by atoms with Gasteiger partial charge in [-0.3, -0.25) is 19.9 Å². The second-order valence-electron chi connectivity index (χ2n) is 5.31. The fourth-order valence-electron chi connectivity index (χ4n) is 2.32. The van der Waals surface area contributed by atoms with Gasteiger partial charge >= 0.3 is 0 Å². The SMILES string of the molecule is Cc1nc(-c2ccccc2)ccc1C(=O)Nc1ccc([N+](=O)[O-])cn1. The van der Waals surface area contributed by atoms with Crippen molar-refractivity contribution in [2.75, 3.05) is 5.32 Å². The fourth-order valence-corrected chi connectivity index (χ4v) is 2.32. The van der Waals surface area contributed by atoms with E-state index in [4.69, 9.17) is 0 Å². The third-order valence-electron chi connectivity index (χ3n) is 3.60. The predicted molar refractivity (Wildman–Crippen MR) is 93.3 cm³/mol. The summed E-state index contributed by atoms with van der Waals surface area (Å²) >= 11 is 0. The van der Waals surface area contributed by atoms with Crippen LogP contribution in [0.25, 0.3) is 11.3 Å². The number of aromatic nitrogens is 2. The highest BCUT2D eigenvalue weighted by atomic mass is 16.6. The summed E-state index contributed by atoms with van der Waals surface area (Å²) in [6, 6.07) is 15.8. The molecule has 1 amide bonds. The van der Waals surface area contributed by atoms with Crippen LogP contribution in [-0.2, 0) is 0 Å². The van der Waals surface area contributed by atoms with E-state index in [0.717, 1.165) is 17.5 Å². The van der Waals surface area contributed by atoms with Gasteiger partial charge in [-0.25, -0.2) is 4.98 Å². The van der Waals surface area contributed by atoms with Crippen molar-refractivity contribution in [3.8, 4) is 11.3 Å². The number of amides is 1. The Kier molecular flexibility index (Phi) is 4.47. The minimum Gasteiger partial charge on any atom is -0.307 e. The van der Waals surface area contributed by atoms with E-state index in [-0.39, 0.29) is 17.4 Å². The molecule has 0 unspecified atom stereocenters. The zero-order chi connectivity index (χ0) is 17.8. The molecule has 3 rings (SSSR count). The molecule has 1 aromatic carbocycles. The molecule has 7 heteroatoms. The standard InChI is InChI=1S/C18H14N4O3/c1-12-15(8-9-16(20-12)13-5-3-2-4-6-13)18(23)21-17-10-7-14(11-19-17)22(24)25/h2-11H,1H3,(H,19,21,23). The summed E-state index contributed by atoms with van der Waals surface area (Å²) in [6.45, 7) is 1.75. The van der Waals surface area contributed by atoms with Crippen molar-refractivity contribution < 1.29 is 9.72 Å². The van der Waals surface area contributed by atoms with E-state index in [1.54, 1.807) is 19.1 Å². The second kappa shape index (κ2) is 6.88. The van der Waals surface area contributed by atoms with E-state index >= 15 is 0 Å². The number of pyridine rings is 2. The molecule has 0 fully saturated rings. The number of carbonyl (C=O) groups excluding carboxylic acids is 1. The lowest BCUT2D eigenvalue weighted by atomic mass is 10.1. The number of rotatable bonds is 4. The minimum absolute atomic E-state index is 0.136. The van der Waals surface area contributed by atoms with Crippen molar-refractivity contribution in [1.29, 1.82) is 0 Å². The van der Waals surface area contributed by atoms with Crippen LogP contribution in [0.15, 0.2) is 60.8 Å². The summed E-state index contributed by atoms with van der Waals surface area (Å²) in [4.78, 5) is 30.8. The van der Waals surface area contributed by atoms with Crippen molar-refractivity contribution in [1.82, 2.24) is 9.97 Å². The Morgan fingerprint density at radius 1 is 1.08 bits per heavy atom. The maximum absolute atomic E-state index is 12.4. The first-order valence-electron chi connectivity index (χ1n) is 7.49. The Labute approximate surface area is 143 Å². The van der Waals surface area contributed by atoms with Crippen molar-refractivity contribution in [3.63, 3.8) is 0 Å². The Hall–Kier alpha value is -3.61. The first-order chi connectivity index (χ1) is 12.0. The van der Waals surface area contributed by atoms with E-state index in [2.05, 4.69) is 15.3 Å². The summed E-state index contributed by atoms with van der Waals surface area (Å²) < 4.78 is 0. The predicted octanol–water partition coefficient (Wildman–Crippen LogP) is 3.61. The Morgan fingerprint density at radius 2 is 1.84 bits per heavy atom. The summed E-state index contributed by atoms with van der Waals surface area (Å²) in [6.07, 6.45) is 1.10. The topological polar surface area (TPSA) is 98.0 Å². The lowest BCUT2D eigenvalue weighted by molar-refractivity contribution is -0.385. The number of anilines is 1. The van der Waals surface area contributed by atoms with Gasteiger partial charge in [0.25, 0.3) is 11.6 Å². The second-order valence-corrected chi connectivity index (χ2v) is 5.31. The molecule has 3 aromatic rings. The molecule has 0 bridgehead atoms. The average Bonchev–Trinajstić information content (AvgIpc) is 2.62. The number of hydrogen-bond donors (Lipinski definition) is 1. The van der Waals surface area contributed by atoms with E-state index < -0.39 is 4.92 Å². The van der Waals surface area contributed by atoms with Crippen molar-refractivity contribution >= 4 is 17.4 Å². The van der Waals surface area contributed by atoms with Gasteiger partial charge in [-0.2, -0.15) is 0 Å². The molecule has 0 aliphatic carbocycles. The minimum atomic E-state index is -0.547. The normalized spacial score (nSPS) is 10.3. The molecule has 0 aliphatic rings. The molecule has 0 saturated heterocycles. The van der Waals surface area contributed by atoms with Crippen molar-refractivity contribution in [3.05, 3.63) is 82.2 Å². The molecule has 2 heterocycles. The lowest BCUT2D eigenvalue weighted by Gasteiger charge is -2.08. The van der Waals surface area contributed by atoms with Gasteiger partial charge in [0.05, 0.1) is 21.9 Å². The summed E-state index contributed by atoms with van der Waals surface area (Å²) in [5, 5.41) is 13.2. The molecule has 0 atom stereocenters. The first-order valence-corrected chi connectivity index (χ1v) is 7.49. The monoisotopic (exact) mass is 334 g/mol. The lowest BCUT2D eigenvalue weighted by Crippen LogP contribution is -2.15. The highest BCUT2D eigenvalue weighted by molar-refractivity contribution is 6.04. The smallest absolute Gasteiger partial charge is 0.287 e. The van der Waals surface area contributed by atoms with Gasteiger partial charge in [-0.05, 0) is 25.1 Å². The van der Waals surface area contributed by atoms with Crippen LogP contribution in [0.3, 0.4) is 0 Å². The Bertz CT molecular complexity index is 925. The van der Waals surface area contributed by atoms with E-state index in [1.165, 1.54) is 12.1 Å². The van der Waals surface area contributed by atoms with Gasteiger partial charge in [-0.1, -0.05) is 30.3 Å². The molecule has 0 saturated carbocycles. The molecule has 0 radical (unpaired) electrons. The van der Waals surface area contributed by atoms with Crippen LogP contribution in [0.1, 0.15) is 16.1 Å². The Morgan fingerprint density at radius 3 is 2.44 bits per heavy atom. The average molecular weight is 334 g/mol. The zero-order valence-corrected chi connectivity index (χ0v) is 13.3. The molecular formula is C18H14N4O3. The number of carbonyl (C=O) groups is 1. The molecule has 1 N–H and O–H groups in total. The van der Waals surface area contributed by atoms with Crippen LogP contribution >= 0.6 is 0 Å². The molecule has 25 heavy (non-hydrogen) atoms. The van der Waals surface area contributed by atoms with Crippen molar-refractivity contribution in [2.45, 2.75) is 6.92 Å². The first kappa shape index (κ1) is 16.3. The van der Waals surface area contributed by atoms with Gasteiger partial charge in [0.1, 0.15) is 12.0 Å². The molecular weight excluding hydrogens is 320 g/mol. The number of nitro groups is 1. The van der Waals surface area contributed by atoms with E-state index in [0.29, 0.717) is 11.3 Å². The van der Waals surface area contributed by atoms with Gasteiger partial charge in [-0.15, -0.1) is 0 Å².